The quantitative estimate of drug-likeness (QED) is 0.254. The number of pyridine rings is 1. The lowest BCUT2D eigenvalue weighted by Crippen LogP contribution is -2.37. The van der Waals surface area contributed by atoms with Crippen LogP contribution in [0, 0.1) is 0 Å². The van der Waals surface area contributed by atoms with Crippen molar-refractivity contribution in [2.24, 2.45) is 0 Å². The molecule has 0 radical (unpaired) electrons. The fourth-order valence-corrected chi connectivity index (χ4v) is 4.76. The highest BCUT2D eigenvalue weighted by Gasteiger charge is 2.20. The number of nitrogens with two attached hydrogens (primary N) is 1. The standard InChI is InChI=1S/C31H29N9O3/c1-19(41)14-20-2-6-24(7-3-20)36-31(42)37-25-8-4-21(5-9-25)28-38-26-15-22(23-17-34-30(32)35-18-23)16-33-27(26)29(39-28)40-10-12-43-13-11-40/h2-9,15-18H,10-14H2,1H3,(H2,32,34,35)(H2,36,37,42). The third kappa shape index (κ3) is 6.54. The van der Waals surface area contributed by atoms with Crippen LogP contribution in [-0.4, -0.2) is 63.0 Å². The van der Waals surface area contributed by atoms with E-state index in [0.29, 0.717) is 61.0 Å². The minimum atomic E-state index is -0.381. The number of hydrogen-bond donors (Lipinski definition) is 3. The van der Waals surface area contributed by atoms with Gasteiger partial charge in [-0.3, -0.25) is 9.78 Å². The fourth-order valence-electron chi connectivity index (χ4n) is 4.76. The number of carbonyl (C=O) groups excluding carboxylic acids is 2. The molecule has 4 N–H and O–H groups in total. The van der Waals surface area contributed by atoms with Gasteiger partial charge in [-0.15, -0.1) is 0 Å². The van der Waals surface area contributed by atoms with E-state index in [9.17, 15) is 9.59 Å². The topological polar surface area (TPSA) is 161 Å². The van der Waals surface area contributed by atoms with Crippen LogP contribution < -0.4 is 21.3 Å². The minimum absolute atomic E-state index is 0.0861. The molecule has 216 valence electrons. The Hall–Kier alpha value is -5.49. The summed E-state index contributed by atoms with van der Waals surface area (Å²) < 4.78 is 5.55. The molecule has 5 aromatic rings. The highest BCUT2D eigenvalue weighted by atomic mass is 16.5. The SMILES string of the molecule is CC(=O)Cc1ccc(NC(=O)Nc2ccc(-c3nc(N4CCOCC4)c4ncc(-c5cnc(N)nc5)cc4n3)cc2)cc1. The third-order valence-corrected chi connectivity index (χ3v) is 6.90. The molecule has 12 heteroatoms. The summed E-state index contributed by atoms with van der Waals surface area (Å²) in [6, 6.07) is 16.1. The van der Waals surface area contributed by atoms with Crippen molar-refractivity contribution in [1.82, 2.24) is 24.9 Å². The van der Waals surface area contributed by atoms with Crippen molar-refractivity contribution in [1.29, 1.82) is 0 Å². The number of ketones is 1. The molecule has 12 nitrogen and oxygen atoms in total. The number of nitrogens with one attached hydrogen (secondary N) is 2. The van der Waals surface area contributed by atoms with Gasteiger partial charge < -0.3 is 26.0 Å². The highest BCUT2D eigenvalue weighted by molar-refractivity contribution is 6.00. The van der Waals surface area contributed by atoms with Gasteiger partial charge in [-0.05, 0) is 55.0 Å². The van der Waals surface area contributed by atoms with Gasteiger partial charge in [-0.1, -0.05) is 12.1 Å². The summed E-state index contributed by atoms with van der Waals surface area (Å²) in [5, 5.41) is 5.65. The van der Waals surface area contributed by atoms with E-state index in [1.807, 2.05) is 30.3 Å². The second-order valence-corrected chi connectivity index (χ2v) is 10.1. The van der Waals surface area contributed by atoms with Gasteiger partial charge in [0.15, 0.2) is 11.6 Å². The summed E-state index contributed by atoms with van der Waals surface area (Å²) in [6.45, 7) is 4.14. The average Bonchev–Trinajstić information content (AvgIpc) is 3.02. The fraction of sp³-hybridized carbons (Fsp3) is 0.194. The molecule has 0 saturated carbocycles. The first-order valence-corrected chi connectivity index (χ1v) is 13.8. The molecule has 1 aliphatic heterocycles. The predicted octanol–water partition coefficient (Wildman–Crippen LogP) is 4.34. The molecular weight excluding hydrogens is 546 g/mol. The largest absolute Gasteiger partial charge is 0.378 e. The number of fused-ring (bicyclic) bond motifs is 1. The van der Waals surface area contributed by atoms with Crippen LogP contribution in [0.4, 0.5) is 27.9 Å². The smallest absolute Gasteiger partial charge is 0.323 e. The number of carbonyl (C=O) groups is 2. The van der Waals surface area contributed by atoms with E-state index in [2.05, 4.69) is 25.5 Å². The first-order chi connectivity index (χ1) is 20.9. The zero-order chi connectivity index (χ0) is 29.8. The van der Waals surface area contributed by atoms with Crippen LogP contribution in [0.5, 0.6) is 0 Å². The Labute approximate surface area is 247 Å². The van der Waals surface area contributed by atoms with Crippen molar-refractivity contribution in [3.8, 4) is 22.5 Å². The number of amides is 2. The van der Waals surface area contributed by atoms with Crippen LogP contribution in [0.15, 0.2) is 73.2 Å². The highest BCUT2D eigenvalue weighted by Crippen LogP contribution is 2.30. The molecule has 0 aliphatic carbocycles. The predicted molar refractivity (Wildman–Crippen MR) is 165 cm³/mol. The van der Waals surface area contributed by atoms with Gasteiger partial charge in [0.2, 0.25) is 5.95 Å². The van der Waals surface area contributed by atoms with Gasteiger partial charge in [0, 0.05) is 66.2 Å². The lowest BCUT2D eigenvalue weighted by molar-refractivity contribution is -0.116. The van der Waals surface area contributed by atoms with Gasteiger partial charge in [0.1, 0.15) is 11.3 Å². The summed E-state index contributed by atoms with van der Waals surface area (Å²) in [5.41, 5.74) is 11.5. The Bertz CT molecular complexity index is 1770. The van der Waals surface area contributed by atoms with E-state index in [1.54, 1.807) is 49.8 Å². The lowest BCUT2D eigenvalue weighted by atomic mass is 10.1. The third-order valence-electron chi connectivity index (χ3n) is 6.90. The summed E-state index contributed by atoms with van der Waals surface area (Å²) in [5.74, 6) is 1.55. The van der Waals surface area contributed by atoms with Crippen molar-refractivity contribution in [2.75, 3.05) is 47.6 Å². The van der Waals surface area contributed by atoms with Crippen LogP contribution in [-0.2, 0) is 16.0 Å². The molecule has 0 spiro atoms. The number of nitrogen functional groups attached to an aromatic ring is 1. The molecule has 0 unspecified atom stereocenters. The maximum atomic E-state index is 12.6. The van der Waals surface area contributed by atoms with E-state index in [0.717, 1.165) is 28.1 Å². The number of Topliss-reactive ketones (excluding diaryl/α,β-unsaturated/α-hetero) is 1. The summed E-state index contributed by atoms with van der Waals surface area (Å²) in [7, 11) is 0. The first-order valence-electron chi connectivity index (χ1n) is 13.8. The summed E-state index contributed by atoms with van der Waals surface area (Å²) >= 11 is 0. The minimum Gasteiger partial charge on any atom is -0.378 e. The Balaban J connectivity index is 1.24. The molecule has 1 aliphatic rings. The normalized spacial score (nSPS) is 13.1. The van der Waals surface area contributed by atoms with Crippen LogP contribution in [0.3, 0.4) is 0 Å². The Morgan fingerprint density at radius 2 is 1.47 bits per heavy atom. The monoisotopic (exact) mass is 575 g/mol. The number of anilines is 4. The maximum Gasteiger partial charge on any atom is 0.323 e. The van der Waals surface area contributed by atoms with E-state index >= 15 is 0 Å². The number of aromatic nitrogens is 5. The Morgan fingerprint density at radius 3 is 2.12 bits per heavy atom. The van der Waals surface area contributed by atoms with E-state index in [-0.39, 0.29) is 17.8 Å². The number of ether oxygens (including phenoxy) is 1. The van der Waals surface area contributed by atoms with Gasteiger partial charge in [-0.2, -0.15) is 0 Å². The molecule has 3 aromatic heterocycles. The lowest BCUT2D eigenvalue weighted by Gasteiger charge is -2.28. The van der Waals surface area contributed by atoms with Gasteiger partial charge in [0.25, 0.3) is 0 Å². The van der Waals surface area contributed by atoms with Crippen LogP contribution in [0.1, 0.15) is 12.5 Å². The molecular formula is C31H29N9O3. The number of morpholine rings is 1. The zero-order valence-corrected chi connectivity index (χ0v) is 23.4. The van der Waals surface area contributed by atoms with Crippen molar-refractivity contribution < 1.29 is 14.3 Å². The van der Waals surface area contributed by atoms with Crippen molar-refractivity contribution >= 4 is 46.0 Å². The molecule has 4 heterocycles. The van der Waals surface area contributed by atoms with E-state index < -0.39 is 0 Å². The number of nitrogens with zero attached hydrogens (tertiary/aromatic N) is 6. The molecule has 2 aromatic carbocycles. The zero-order valence-electron chi connectivity index (χ0n) is 23.4. The van der Waals surface area contributed by atoms with E-state index in [4.69, 9.17) is 25.4 Å². The van der Waals surface area contributed by atoms with Crippen LogP contribution in [0.2, 0.25) is 0 Å². The molecule has 2 amide bonds. The Morgan fingerprint density at radius 1 is 0.837 bits per heavy atom. The number of benzene rings is 2. The van der Waals surface area contributed by atoms with E-state index in [1.165, 1.54) is 0 Å². The second-order valence-electron chi connectivity index (χ2n) is 10.1. The van der Waals surface area contributed by atoms with Gasteiger partial charge in [-0.25, -0.2) is 24.7 Å². The molecule has 6 rings (SSSR count). The molecule has 0 atom stereocenters. The Kier molecular flexibility index (Phi) is 7.83. The van der Waals surface area contributed by atoms with Crippen LogP contribution >= 0.6 is 0 Å². The molecule has 0 bridgehead atoms. The van der Waals surface area contributed by atoms with Crippen molar-refractivity contribution in [3.05, 3.63) is 78.8 Å². The van der Waals surface area contributed by atoms with Crippen LogP contribution in [0.25, 0.3) is 33.5 Å². The molecule has 1 fully saturated rings. The second kappa shape index (κ2) is 12.2. The number of rotatable bonds is 7. The molecule has 43 heavy (non-hydrogen) atoms. The first kappa shape index (κ1) is 27.7. The number of hydrogen-bond acceptors (Lipinski definition) is 10. The van der Waals surface area contributed by atoms with Crippen molar-refractivity contribution in [2.45, 2.75) is 13.3 Å². The molecule has 1 saturated heterocycles. The van der Waals surface area contributed by atoms with Crippen molar-refractivity contribution in [3.63, 3.8) is 0 Å². The average molecular weight is 576 g/mol. The number of urea groups is 1. The van der Waals surface area contributed by atoms with Gasteiger partial charge >= 0.3 is 6.03 Å². The summed E-state index contributed by atoms with van der Waals surface area (Å²) in [4.78, 5) is 48.7. The maximum absolute atomic E-state index is 12.6. The van der Waals surface area contributed by atoms with Gasteiger partial charge in [0.05, 0.1) is 18.7 Å². The summed E-state index contributed by atoms with van der Waals surface area (Å²) in [6.07, 6.45) is 5.43.